The minimum Gasteiger partial charge on any atom is -0.436 e. The summed E-state index contributed by atoms with van der Waals surface area (Å²) in [5.74, 6) is -0.847. The lowest BCUT2D eigenvalue weighted by Crippen LogP contribution is -2.26. The number of nitrogens with one attached hydrogen (secondary N) is 1. The maximum Gasteiger partial charge on any atom is 0.501 e. The lowest BCUT2D eigenvalue weighted by molar-refractivity contribution is -0.0436. The first-order chi connectivity index (χ1) is 16.0. The molecule has 1 amide bonds. The molecule has 0 atom stereocenters. The Hall–Kier alpha value is -3.69. The molecule has 4 aromatic rings. The van der Waals surface area contributed by atoms with E-state index in [2.05, 4.69) is 26.2 Å². The van der Waals surface area contributed by atoms with Crippen LogP contribution in [0.1, 0.15) is 15.9 Å². The third kappa shape index (κ3) is 4.27. The molecule has 0 bridgehead atoms. The number of aromatic nitrogens is 1. The zero-order valence-electron chi connectivity index (χ0n) is 16.7. The first kappa shape index (κ1) is 23.5. The highest BCUT2D eigenvalue weighted by Gasteiger charge is 2.48. The lowest BCUT2D eigenvalue weighted by Gasteiger charge is -2.13. The summed E-state index contributed by atoms with van der Waals surface area (Å²) in [6.07, 6.45) is 0. The SMILES string of the molecule is N#Cc1ccc(S(=O)(=O)C(F)(F)F)c(C(=O)Nc2ccc3oc(-c4ccccc4Br)nc3c2)c1. The molecular formula is C22H11BrF3N3O4S. The molecule has 0 aliphatic rings. The van der Waals surface area contributed by atoms with Crippen molar-refractivity contribution < 1.29 is 30.8 Å². The van der Waals surface area contributed by atoms with Crippen molar-refractivity contribution in [2.24, 2.45) is 0 Å². The van der Waals surface area contributed by atoms with Gasteiger partial charge in [0, 0.05) is 10.2 Å². The second kappa shape index (κ2) is 8.58. The number of carbonyl (C=O) groups excluding carboxylic acids is 1. The first-order valence-electron chi connectivity index (χ1n) is 9.33. The van der Waals surface area contributed by atoms with Crippen LogP contribution in [0.5, 0.6) is 0 Å². The normalized spacial score (nSPS) is 11.9. The van der Waals surface area contributed by atoms with E-state index < -0.39 is 31.7 Å². The Morgan fingerprint density at radius 1 is 1.09 bits per heavy atom. The standard InChI is InChI=1S/C22H11BrF3N3O4S/c23-16-4-2-1-3-14(16)21-29-17-10-13(6-7-18(17)33-21)28-20(30)15-9-12(11-27)5-8-19(15)34(31,32)22(24,25)26/h1-10H,(H,28,30). The van der Waals surface area contributed by atoms with E-state index in [0.29, 0.717) is 28.6 Å². The van der Waals surface area contributed by atoms with Crippen LogP contribution in [0.15, 0.2) is 74.4 Å². The van der Waals surface area contributed by atoms with Crippen molar-refractivity contribution in [2.75, 3.05) is 5.32 Å². The van der Waals surface area contributed by atoms with E-state index in [-0.39, 0.29) is 11.3 Å². The fourth-order valence-electron chi connectivity index (χ4n) is 3.09. The van der Waals surface area contributed by atoms with Crippen LogP contribution in [0.25, 0.3) is 22.6 Å². The van der Waals surface area contributed by atoms with Crippen LogP contribution in [0, 0.1) is 11.3 Å². The van der Waals surface area contributed by atoms with Crippen molar-refractivity contribution in [3.8, 4) is 17.5 Å². The van der Waals surface area contributed by atoms with E-state index in [1.54, 1.807) is 24.3 Å². The average molecular weight is 550 g/mol. The quantitative estimate of drug-likeness (QED) is 0.350. The van der Waals surface area contributed by atoms with Gasteiger partial charge in [-0.3, -0.25) is 4.79 Å². The minimum atomic E-state index is -5.84. The van der Waals surface area contributed by atoms with Gasteiger partial charge in [0.2, 0.25) is 5.89 Å². The van der Waals surface area contributed by atoms with Crippen molar-refractivity contribution in [1.82, 2.24) is 4.98 Å². The van der Waals surface area contributed by atoms with E-state index in [1.807, 2.05) is 6.07 Å². The van der Waals surface area contributed by atoms with Crippen LogP contribution in [0.4, 0.5) is 18.9 Å². The summed E-state index contributed by atoms with van der Waals surface area (Å²) in [6.45, 7) is 0. The van der Waals surface area contributed by atoms with Gasteiger partial charge in [-0.1, -0.05) is 12.1 Å². The van der Waals surface area contributed by atoms with Crippen molar-refractivity contribution in [1.29, 1.82) is 5.26 Å². The Labute approximate surface area is 198 Å². The molecule has 0 unspecified atom stereocenters. The van der Waals surface area contributed by atoms with Crippen molar-refractivity contribution >= 4 is 48.5 Å². The second-order valence-electron chi connectivity index (χ2n) is 6.91. The summed E-state index contributed by atoms with van der Waals surface area (Å²) in [5, 5.41) is 11.4. The number of carbonyl (C=O) groups is 1. The predicted octanol–water partition coefficient (Wildman–Crippen LogP) is 5.67. The molecule has 0 fully saturated rings. The van der Waals surface area contributed by atoms with Crippen molar-refractivity contribution in [3.63, 3.8) is 0 Å². The van der Waals surface area contributed by atoms with Gasteiger partial charge in [-0.15, -0.1) is 0 Å². The van der Waals surface area contributed by atoms with Crippen LogP contribution < -0.4 is 5.32 Å². The Kier molecular flexibility index (Phi) is 5.93. The van der Waals surface area contributed by atoms with Gasteiger partial charge in [-0.2, -0.15) is 18.4 Å². The number of nitriles is 1. The molecule has 1 aromatic heterocycles. The van der Waals surface area contributed by atoms with E-state index >= 15 is 0 Å². The van der Waals surface area contributed by atoms with E-state index in [9.17, 15) is 26.4 Å². The van der Waals surface area contributed by atoms with E-state index in [4.69, 9.17) is 9.68 Å². The smallest absolute Gasteiger partial charge is 0.436 e. The number of oxazole rings is 1. The average Bonchev–Trinajstić information content (AvgIpc) is 3.21. The van der Waals surface area contributed by atoms with E-state index in [1.165, 1.54) is 18.2 Å². The molecule has 0 radical (unpaired) electrons. The maximum absolute atomic E-state index is 13.1. The van der Waals surface area contributed by atoms with Gasteiger partial charge < -0.3 is 9.73 Å². The van der Waals surface area contributed by atoms with Gasteiger partial charge >= 0.3 is 5.51 Å². The van der Waals surface area contributed by atoms with Crippen LogP contribution in [0.3, 0.4) is 0 Å². The van der Waals surface area contributed by atoms with Crippen LogP contribution in [-0.4, -0.2) is 24.8 Å². The Balaban J connectivity index is 1.71. The molecule has 1 N–H and O–H groups in total. The third-order valence-corrected chi connectivity index (χ3v) is 6.93. The topological polar surface area (TPSA) is 113 Å². The zero-order chi connectivity index (χ0) is 24.7. The number of sulfone groups is 1. The summed E-state index contributed by atoms with van der Waals surface area (Å²) >= 11 is 3.40. The monoisotopic (exact) mass is 549 g/mol. The number of amides is 1. The summed E-state index contributed by atoms with van der Waals surface area (Å²) < 4.78 is 69.7. The molecular weight excluding hydrogens is 539 g/mol. The number of anilines is 1. The Bertz CT molecular complexity index is 1590. The molecule has 172 valence electrons. The number of rotatable bonds is 4. The number of benzene rings is 3. The maximum atomic E-state index is 13.1. The number of fused-ring (bicyclic) bond motifs is 1. The molecule has 7 nitrogen and oxygen atoms in total. The molecule has 3 aromatic carbocycles. The molecule has 0 spiro atoms. The van der Waals surface area contributed by atoms with Crippen LogP contribution >= 0.6 is 15.9 Å². The summed E-state index contributed by atoms with van der Waals surface area (Å²) in [6, 6.07) is 15.5. The van der Waals surface area contributed by atoms with Crippen LogP contribution in [0.2, 0.25) is 0 Å². The fraction of sp³-hybridized carbons (Fsp3) is 0.0455. The number of nitrogens with zero attached hydrogens (tertiary/aromatic N) is 2. The highest BCUT2D eigenvalue weighted by atomic mass is 79.9. The summed E-state index contributed by atoms with van der Waals surface area (Å²) in [5.41, 5.74) is -5.09. The van der Waals surface area contributed by atoms with Gasteiger partial charge in [0.05, 0.1) is 27.7 Å². The highest BCUT2D eigenvalue weighted by Crippen LogP contribution is 2.34. The van der Waals surface area contributed by atoms with E-state index in [0.717, 1.165) is 16.6 Å². The second-order valence-corrected chi connectivity index (χ2v) is 9.67. The number of hydrogen-bond acceptors (Lipinski definition) is 6. The first-order valence-corrected chi connectivity index (χ1v) is 11.6. The van der Waals surface area contributed by atoms with Gasteiger partial charge in [0.25, 0.3) is 15.7 Å². The minimum absolute atomic E-state index is 0.127. The van der Waals surface area contributed by atoms with Gasteiger partial charge in [-0.05, 0) is 64.5 Å². The molecule has 0 saturated heterocycles. The van der Waals surface area contributed by atoms with Crippen molar-refractivity contribution in [2.45, 2.75) is 10.4 Å². The predicted molar refractivity (Wildman–Crippen MR) is 119 cm³/mol. The van der Waals surface area contributed by atoms with Crippen LogP contribution in [-0.2, 0) is 9.84 Å². The number of hydrogen-bond donors (Lipinski definition) is 1. The third-order valence-electron chi connectivity index (χ3n) is 4.70. The zero-order valence-corrected chi connectivity index (χ0v) is 19.1. The largest absolute Gasteiger partial charge is 0.501 e. The number of halogens is 4. The van der Waals surface area contributed by atoms with Gasteiger partial charge in [0.1, 0.15) is 5.52 Å². The molecule has 0 saturated carbocycles. The molecule has 4 rings (SSSR count). The fourth-order valence-corrected chi connectivity index (χ4v) is 4.48. The van der Waals surface area contributed by atoms with Gasteiger partial charge in [0.15, 0.2) is 5.58 Å². The Morgan fingerprint density at radius 3 is 2.50 bits per heavy atom. The number of alkyl halides is 3. The molecule has 34 heavy (non-hydrogen) atoms. The molecule has 0 aliphatic heterocycles. The Morgan fingerprint density at radius 2 is 1.82 bits per heavy atom. The summed E-state index contributed by atoms with van der Waals surface area (Å²) in [4.78, 5) is 15.9. The highest BCUT2D eigenvalue weighted by molar-refractivity contribution is 9.10. The molecule has 0 aliphatic carbocycles. The molecule has 12 heteroatoms. The lowest BCUT2D eigenvalue weighted by atomic mass is 10.1. The molecule has 1 heterocycles. The summed E-state index contributed by atoms with van der Waals surface area (Å²) in [7, 11) is -5.84. The van der Waals surface area contributed by atoms with Gasteiger partial charge in [-0.25, -0.2) is 13.4 Å². The van der Waals surface area contributed by atoms with Crippen molar-refractivity contribution in [3.05, 3.63) is 76.3 Å².